The van der Waals surface area contributed by atoms with Crippen molar-refractivity contribution in [2.24, 2.45) is 0 Å². The fourth-order valence-corrected chi connectivity index (χ4v) is 2.32. The summed E-state index contributed by atoms with van der Waals surface area (Å²) in [6.45, 7) is 1.92. The molecule has 2 atom stereocenters. The Labute approximate surface area is 110 Å². The Hall–Kier alpha value is -2.10. The largest absolute Gasteiger partial charge is 0.481 e. The molecule has 19 heavy (non-hydrogen) atoms. The second-order valence-electron chi connectivity index (χ2n) is 4.67. The summed E-state index contributed by atoms with van der Waals surface area (Å²) in [6.07, 6.45) is -0.298. The van der Waals surface area contributed by atoms with Crippen molar-refractivity contribution < 1.29 is 13.5 Å². The van der Waals surface area contributed by atoms with Crippen LogP contribution < -0.4 is 10.1 Å². The highest BCUT2D eigenvalue weighted by atomic mass is 19.1. The predicted molar refractivity (Wildman–Crippen MR) is 69.3 cm³/mol. The van der Waals surface area contributed by atoms with E-state index in [0.29, 0.717) is 11.4 Å². The van der Waals surface area contributed by atoms with Gasteiger partial charge in [0.05, 0.1) is 11.7 Å². The average Bonchev–Trinajstić information content (AvgIpc) is 2.37. The molecule has 0 bridgehead atoms. The monoisotopic (exact) mass is 261 g/mol. The molecule has 2 unspecified atom stereocenters. The van der Waals surface area contributed by atoms with E-state index >= 15 is 0 Å². The predicted octanol–water partition coefficient (Wildman–Crippen LogP) is 3.90. The van der Waals surface area contributed by atoms with Gasteiger partial charge in [-0.2, -0.15) is 0 Å². The van der Waals surface area contributed by atoms with Gasteiger partial charge < -0.3 is 10.1 Å². The van der Waals surface area contributed by atoms with E-state index in [1.165, 1.54) is 24.3 Å². The quantitative estimate of drug-likeness (QED) is 0.840. The summed E-state index contributed by atoms with van der Waals surface area (Å²) < 4.78 is 32.3. The molecule has 3 rings (SSSR count). The van der Waals surface area contributed by atoms with Crippen LogP contribution >= 0.6 is 0 Å². The molecule has 1 heterocycles. The Kier molecular flexibility index (Phi) is 2.85. The summed E-state index contributed by atoms with van der Waals surface area (Å²) in [5, 5.41) is 3.18. The van der Waals surface area contributed by atoms with Crippen LogP contribution in [0.25, 0.3) is 0 Å². The number of hydrogen-bond acceptors (Lipinski definition) is 2. The van der Waals surface area contributed by atoms with Crippen molar-refractivity contribution in [3.05, 3.63) is 59.7 Å². The van der Waals surface area contributed by atoms with Gasteiger partial charge in [0.1, 0.15) is 23.5 Å². The van der Waals surface area contributed by atoms with E-state index < -0.39 is 0 Å². The fraction of sp³-hybridized carbons (Fsp3) is 0.200. The number of ether oxygens (including phenoxy) is 1. The zero-order valence-corrected chi connectivity index (χ0v) is 10.4. The fourth-order valence-electron chi connectivity index (χ4n) is 2.32. The maximum atomic E-state index is 13.3. The van der Waals surface area contributed by atoms with Gasteiger partial charge in [-0.3, -0.25) is 0 Å². The summed E-state index contributed by atoms with van der Waals surface area (Å²) in [5.74, 6) is -0.0294. The standard InChI is InChI=1S/C15H13F2NO/c1-9-15(10-3-2-4-11(16)7-10)19-14-6-5-12(17)8-13(14)18-9/h2-9,15,18H,1H3. The molecular formula is C15H13F2NO. The van der Waals surface area contributed by atoms with Crippen molar-refractivity contribution in [3.8, 4) is 5.75 Å². The minimum atomic E-state index is -0.314. The topological polar surface area (TPSA) is 21.3 Å². The van der Waals surface area contributed by atoms with Gasteiger partial charge in [0, 0.05) is 6.07 Å². The minimum Gasteiger partial charge on any atom is -0.481 e. The summed E-state index contributed by atoms with van der Waals surface area (Å²) in [4.78, 5) is 0. The first-order valence-corrected chi connectivity index (χ1v) is 6.12. The summed E-state index contributed by atoms with van der Waals surface area (Å²) in [6, 6.07) is 10.6. The van der Waals surface area contributed by atoms with E-state index in [9.17, 15) is 8.78 Å². The van der Waals surface area contributed by atoms with Gasteiger partial charge in [-0.25, -0.2) is 8.78 Å². The Bertz CT molecular complexity index is 615. The highest BCUT2D eigenvalue weighted by molar-refractivity contribution is 5.59. The lowest BCUT2D eigenvalue weighted by Crippen LogP contribution is -2.32. The molecule has 0 aromatic heterocycles. The lowest BCUT2D eigenvalue weighted by Gasteiger charge is -2.33. The molecule has 1 aliphatic rings. The maximum absolute atomic E-state index is 13.3. The van der Waals surface area contributed by atoms with Crippen LogP contribution in [-0.2, 0) is 0 Å². The molecule has 0 aliphatic carbocycles. The van der Waals surface area contributed by atoms with Gasteiger partial charge in [0.15, 0.2) is 0 Å². The summed E-state index contributed by atoms with van der Waals surface area (Å²) >= 11 is 0. The Morgan fingerprint density at radius 3 is 2.63 bits per heavy atom. The number of benzene rings is 2. The first-order chi connectivity index (χ1) is 9.13. The van der Waals surface area contributed by atoms with Crippen LogP contribution in [0.3, 0.4) is 0 Å². The lowest BCUT2D eigenvalue weighted by atomic mass is 10.0. The molecule has 0 spiro atoms. The van der Waals surface area contributed by atoms with Crippen LogP contribution in [0.4, 0.5) is 14.5 Å². The maximum Gasteiger partial charge on any atom is 0.144 e. The van der Waals surface area contributed by atoms with Gasteiger partial charge in [0.25, 0.3) is 0 Å². The van der Waals surface area contributed by atoms with Crippen molar-refractivity contribution in [1.29, 1.82) is 0 Å². The molecule has 98 valence electrons. The molecule has 0 saturated heterocycles. The third kappa shape index (κ3) is 2.26. The van der Waals surface area contributed by atoms with E-state index in [0.717, 1.165) is 5.56 Å². The Morgan fingerprint density at radius 1 is 1.05 bits per heavy atom. The molecule has 0 fully saturated rings. The normalized spacial score (nSPS) is 21.2. The van der Waals surface area contributed by atoms with Crippen molar-refractivity contribution in [2.75, 3.05) is 5.32 Å². The van der Waals surface area contributed by atoms with Crippen molar-refractivity contribution in [1.82, 2.24) is 0 Å². The van der Waals surface area contributed by atoms with Crippen LogP contribution in [0.1, 0.15) is 18.6 Å². The second kappa shape index (κ2) is 4.53. The molecule has 0 radical (unpaired) electrons. The van der Waals surface area contributed by atoms with Crippen LogP contribution in [-0.4, -0.2) is 6.04 Å². The van der Waals surface area contributed by atoms with E-state index in [1.807, 2.05) is 13.0 Å². The molecule has 2 aromatic rings. The molecule has 1 aliphatic heterocycles. The highest BCUT2D eigenvalue weighted by Gasteiger charge is 2.28. The van der Waals surface area contributed by atoms with Crippen LogP contribution in [0.15, 0.2) is 42.5 Å². The average molecular weight is 261 g/mol. The summed E-state index contributed by atoms with van der Waals surface area (Å²) in [5.41, 5.74) is 1.38. The van der Waals surface area contributed by atoms with Gasteiger partial charge in [-0.05, 0) is 36.8 Å². The van der Waals surface area contributed by atoms with Crippen molar-refractivity contribution in [2.45, 2.75) is 19.1 Å². The van der Waals surface area contributed by atoms with Crippen molar-refractivity contribution >= 4 is 5.69 Å². The van der Waals surface area contributed by atoms with Crippen LogP contribution in [0.2, 0.25) is 0 Å². The molecular weight excluding hydrogens is 248 g/mol. The number of rotatable bonds is 1. The van der Waals surface area contributed by atoms with E-state index in [1.54, 1.807) is 12.1 Å². The minimum absolute atomic E-state index is 0.0731. The van der Waals surface area contributed by atoms with E-state index in [4.69, 9.17) is 4.74 Å². The van der Waals surface area contributed by atoms with Crippen molar-refractivity contribution in [3.63, 3.8) is 0 Å². The smallest absolute Gasteiger partial charge is 0.144 e. The molecule has 0 saturated carbocycles. The SMILES string of the molecule is CC1Nc2cc(F)ccc2OC1c1cccc(F)c1. The molecule has 0 amide bonds. The van der Waals surface area contributed by atoms with Gasteiger partial charge >= 0.3 is 0 Å². The van der Waals surface area contributed by atoms with Crippen LogP contribution in [0.5, 0.6) is 5.75 Å². The van der Waals surface area contributed by atoms with E-state index in [-0.39, 0.29) is 23.8 Å². The third-order valence-corrected chi connectivity index (χ3v) is 3.21. The summed E-state index contributed by atoms with van der Waals surface area (Å²) in [7, 11) is 0. The molecule has 2 nitrogen and oxygen atoms in total. The van der Waals surface area contributed by atoms with Gasteiger partial charge in [-0.1, -0.05) is 12.1 Å². The zero-order chi connectivity index (χ0) is 13.4. The Balaban J connectivity index is 1.95. The first kappa shape index (κ1) is 12.0. The lowest BCUT2D eigenvalue weighted by molar-refractivity contribution is 0.177. The van der Waals surface area contributed by atoms with Crippen LogP contribution in [0, 0.1) is 11.6 Å². The molecule has 2 aromatic carbocycles. The van der Waals surface area contributed by atoms with Gasteiger partial charge in [0.2, 0.25) is 0 Å². The molecule has 1 N–H and O–H groups in total. The number of nitrogens with one attached hydrogen (secondary N) is 1. The second-order valence-corrected chi connectivity index (χ2v) is 4.67. The highest BCUT2D eigenvalue weighted by Crippen LogP contribution is 2.37. The Morgan fingerprint density at radius 2 is 1.84 bits per heavy atom. The number of hydrogen-bond donors (Lipinski definition) is 1. The third-order valence-electron chi connectivity index (χ3n) is 3.21. The van der Waals surface area contributed by atoms with Gasteiger partial charge in [-0.15, -0.1) is 0 Å². The number of anilines is 1. The van der Waals surface area contributed by atoms with E-state index in [2.05, 4.69) is 5.32 Å². The zero-order valence-electron chi connectivity index (χ0n) is 10.4. The number of fused-ring (bicyclic) bond motifs is 1. The molecule has 4 heteroatoms. The number of halogens is 2. The first-order valence-electron chi connectivity index (χ1n) is 6.12.